The Kier molecular flexibility index (Phi) is 4.43. The molecule has 0 spiro atoms. The van der Waals surface area contributed by atoms with Gasteiger partial charge in [-0.3, -0.25) is 0 Å². The lowest BCUT2D eigenvalue weighted by Gasteiger charge is -2.22. The van der Waals surface area contributed by atoms with E-state index in [4.69, 9.17) is 10.5 Å². The molecule has 0 amide bonds. The molecule has 1 aliphatic rings. The van der Waals surface area contributed by atoms with Crippen LogP contribution in [0, 0.1) is 11.7 Å². The summed E-state index contributed by atoms with van der Waals surface area (Å²) in [5, 5.41) is 3.28. The topological polar surface area (TPSA) is 86.0 Å². The minimum atomic E-state index is -0.490. The molecule has 3 N–H and O–H groups in total. The Hall–Kier alpha value is -2.28. The Balaban J connectivity index is 1.73. The van der Waals surface area contributed by atoms with Gasteiger partial charge < -0.3 is 15.8 Å². The minimum Gasteiger partial charge on any atom is -0.384 e. The molecule has 116 valence electrons. The molecule has 6 nitrogen and oxygen atoms in total. The summed E-state index contributed by atoms with van der Waals surface area (Å²) in [6.45, 7) is 2.44. The van der Waals surface area contributed by atoms with Gasteiger partial charge in [-0.05, 0) is 30.9 Å². The Morgan fingerprint density at radius 3 is 2.95 bits per heavy atom. The maximum atomic E-state index is 13.8. The first-order chi connectivity index (χ1) is 10.7. The van der Waals surface area contributed by atoms with E-state index in [1.165, 1.54) is 6.07 Å². The van der Waals surface area contributed by atoms with E-state index in [1.807, 2.05) is 0 Å². The van der Waals surface area contributed by atoms with Gasteiger partial charge in [0.1, 0.15) is 11.6 Å². The molecule has 22 heavy (non-hydrogen) atoms. The van der Waals surface area contributed by atoms with Crippen molar-refractivity contribution in [2.75, 3.05) is 30.8 Å². The normalized spacial score (nSPS) is 15.7. The van der Waals surface area contributed by atoms with Crippen LogP contribution < -0.4 is 11.1 Å². The van der Waals surface area contributed by atoms with Crippen molar-refractivity contribution in [2.24, 2.45) is 5.92 Å². The number of nitrogen functional groups attached to an aromatic ring is 1. The van der Waals surface area contributed by atoms with Crippen LogP contribution in [0.4, 0.5) is 16.0 Å². The monoisotopic (exact) mass is 303 g/mol. The fourth-order valence-corrected chi connectivity index (χ4v) is 2.41. The van der Waals surface area contributed by atoms with Crippen molar-refractivity contribution >= 4 is 11.6 Å². The van der Waals surface area contributed by atoms with Crippen LogP contribution in [0.2, 0.25) is 0 Å². The van der Waals surface area contributed by atoms with E-state index in [1.54, 1.807) is 12.3 Å². The van der Waals surface area contributed by atoms with Crippen LogP contribution in [0.15, 0.2) is 24.5 Å². The standard InChI is InChI=1S/C15H18FN5O/c16-12-9-19-13(17)7-11(12)15-18-4-1-14(21-15)20-8-10-2-5-22-6-3-10/h1,4,7,9-10H,2-3,5-6,8H2,(H2,17,19)(H,18,20,21). The third kappa shape index (κ3) is 3.48. The van der Waals surface area contributed by atoms with Crippen LogP contribution in [0.1, 0.15) is 12.8 Å². The highest BCUT2D eigenvalue weighted by Gasteiger charge is 2.14. The van der Waals surface area contributed by atoms with Gasteiger partial charge in [-0.25, -0.2) is 19.3 Å². The highest BCUT2D eigenvalue weighted by Crippen LogP contribution is 2.21. The van der Waals surface area contributed by atoms with Gasteiger partial charge in [-0.15, -0.1) is 0 Å². The van der Waals surface area contributed by atoms with Gasteiger partial charge in [0, 0.05) is 26.0 Å². The number of nitrogens with zero attached hydrogens (tertiary/aromatic N) is 3. The summed E-state index contributed by atoms with van der Waals surface area (Å²) in [4.78, 5) is 12.2. The zero-order chi connectivity index (χ0) is 15.4. The minimum absolute atomic E-state index is 0.237. The third-order valence-corrected chi connectivity index (χ3v) is 3.69. The van der Waals surface area contributed by atoms with E-state index < -0.39 is 5.82 Å². The first kappa shape index (κ1) is 14.6. The summed E-state index contributed by atoms with van der Waals surface area (Å²) in [5.41, 5.74) is 5.85. The molecular weight excluding hydrogens is 285 g/mol. The first-order valence-electron chi connectivity index (χ1n) is 7.28. The van der Waals surface area contributed by atoms with Gasteiger partial charge in [0.05, 0.1) is 11.8 Å². The summed E-state index contributed by atoms with van der Waals surface area (Å²) >= 11 is 0. The number of hydrogen-bond acceptors (Lipinski definition) is 6. The fraction of sp³-hybridized carbons (Fsp3) is 0.400. The molecule has 0 bridgehead atoms. The van der Waals surface area contributed by atoms with E-state index in [-0.39, 0.29) is 11.4 Å². The zero-order valence-corrected chi connectivity index (χ0v) is 12.1. The van der Waals surface area contributed by atoms with Crippen LogP contribution in [0.25, 0.3) is 11.4 Å². The molecule has 1 aliphatic heterocycles. The number of ether oxygens (including phenoxy) is 1. The largest absolute Gasteiger partial charge is 0.384 e. The molecule has 0 radical (unpaired) electrons. The van der Waals surface area contributed by atoms with E-state index >= 15 is 0 Å². The number of nitrogens with one attached hydrogen (secondary N) is 1. The summed E-state index contributed by atoms with van der Waals surface area (Å²) < 4.78 is 19.2. The van der Waals surface area contributed by atoms with E-state index in [0.717, 1.165) is 38.8 Å². The van der Waals surface area contributed by atoms with Crippen molar-refractivity contribution in [3.8, 4) is 11.4 Å². The van der Waals surface area contributed by atoms with Crippen molar-refractivity contribution in [3.05, 3.63) is 30.3 Å². The maximum Gasteiger partial charge on any atom is 0.164 e. The Labute approximate surface area is 128 Å². The predicted molar refractivity (Wildman–Crippen MR) is 81.7 cm³/mol. The van der Waals surface area contributed by atoms with Crippen molar-refractivity contribution in [2.45, 2.75) is 12.8 Å². The second kappa shape index (κ2) is 6.65. The molecule has 2 aromatic rings. The quantitative estimate of drug-likeness (QED) is 0.899. The smallest absolute Gasteiger partial charge is 0.164 e. The molecule has 1 fully saturated rings. The number of rotatable bonds is 4. The van der Waals surface area contributed by atoms with Crippen LogP contribution in [0.3, 0.4) is 0 Å². The Bertz CT molecular complexity index is 646. The number of pyridine rings is 1. The Morgan fingerprint density at radius 1 is 1.32 bits per heavy atom. The molecule has 1 saturated heterocycles. The lowest BCUT2D eigenvalue weighted by molar-refractivity contribution is 0.0699. The second-order valence-electron chi connectivity index (χ2n) is 5.29. The average molecular weight is 303 g/mol. The summed E-state index contributed by atoms with van der Waals surface area (Å²) in [6.07, 6.45) is 4.77. The molecule has 0 atom stereocenters. The molecule has 7 heteroatoms. The number of hydrogen-bond donors (Lipinski definition) is 2. The van der Waals surface area contributed by atoms with Gasteiger partial charge in [0.2, 0.25) is 0 Å². The van der Waals surface area contributed by atoms with Gasteiger partial charge in [0.15, 0.2) is 11.6 Å². The molecule has 3 rings (SSSR count). The summed E-state index contributed by atoms with van der Waals surface area (Å²) in [5.74, 6) is 1.28. The zero-order valence-electron chi connectivity index (χ0n) is 12.1. The highest BCUT2D eigenvalue weighted by atomic mass is 19.1. The van der Waals surface area contributed by atoms with Crippen LogP contribution in [0.5, 0.6) is 0 Å². The molecule has 3 heterocycles. The first-order valence-corrected chi connectivity index (χ1v) is 7.28. The Morgan fingerprint density at radius 2 is 2.14 bits per heavy atom. The predicted octanol–water partition coefficient (Wildman–Crippen LogP) is 2.10. The molecule has 2 aromatic heterocycles. The van der Waals surface area contributed by atoms with E-state index in [0.29, 0.717) is 17.6 Å². The number of halogens is 1. The summed E-state index contributed by atoms with van der Waals surface area (Å²) in [6, 6.07) is 3.21. The molecule has 0 aliphatic carbocycles. The van der Waals surface area contributed by atoms with Gasteiger partial charge in [-0.2, -0.15) is 0 Å². The third-order valence-electron chi connectivity index (χ3n) is 3.69. The molecule has 0 unspecified atom stereocenters. The molecular formula is C15H18FN5O. The number of anilines is 2. The van der Waals surface area contributed by atoms with Crippen molar-refractivity contribution in [3.63, 3.8) is 0 Å². The van der Waals surface area contributed by atoms with Crippen molar-refractivity contribution < 1.29 is 9.13 Å². The highest BCUT2D eigenvalue weighted by molar-refractivity contribution is 5.60. The van der Waals surface area contributed by atoms with Gasteiger partial charge in [-0.1, -0.05) is 0 Å². The second-order valence-corrected chi connectivity index (χ2v) is 5.29. The lowest BCUT2D eigenvalue weighted by atomic mass is 10.0. The van der Waals surface area contributed by atoms with E-state index in [2.05, 4.69) is 20.3 Å². The number of aromatic nitrogens is 3. The lowest BCUT2D eigenvalue weighted by Crippen LogP contribution is -2.23. The van der Waals surface area contributed by atoms with Gasteiger partial charge in [0.25, 0.3) is 0 Å². The van der Waals surface area contributed by atoms with Crippen LogP contribution >= 0.6 is 0 Å². The van der Waals surface area contributed by atoms with E-state index in [9.17, 15) is 4.39 Å². The van der Waals surface area contributed by atoms with Crippen molar-refractivity contribution in [1.82, 2.24) is 15.0 Å². The van der Waals surface area contributed by atoms with Gasteiger partial charge >= 0.3 is 0 Å². The maximum absolute atomic E-state index is 13.8. The summed E-state index contributed by atoms with van der Waals surface area (Å²) in [7, 11) is 0. The SMILES string of the molecule is Nc1cc(-c2nccc(NCC3CCOCC3)n2)c(F)cn1. The fourth-order valence-electron chi connectivity index (χ4n) is 2.41. The van der Waals surface area contributed by atoms with Crippen LogP contribution in [-0.2, 0) is 4.74 Å². The molecule has 0 saturated carbocycles. The van der Waals surface area contributed by atoms with Crippen LogP contribution in [-0.4, -0.2) is 34.7 Å². The van der Waals surface area contributed by atoms with Crippen molar-refractivity contribution in [1.29, 1.82) is 0 Å². The number of nitrogens with two attached hydrogens (primary N) is 1. The molecule has 0 aromatic carbocycles. The average Bonchev–Trinajstić information content (AvgIpc) is 2.56.